The van der Waals surface area contributed by atoms with Gasteiger partial charge in [0.2, 0.25) is 0 Å². The zero-order valence-electron chi connectivity index (χ0n) is 21.0. The highest BCUT2D eigenvalue weighted by atomic mass is 16.6. The molecule has 2 aromatic rings. The van der Waals surface area contributed by atoms with E-state index in [-0.39, 0.29) is 36.2 Å². The minimum Gasteiger partial charge on any atom is -0.459 e. The Morgan fingerprint density at radius 1 is 0.972 bits per heavy atom. The van der Waals surface area contributed by atoms with Crippen molar-refractivity contribution in [2.24, 2.45) is 5.92 Å². The first kappa shape index (κ1) is 25.0. The maximum absolute atomic E-state index is 12.9. The van der Waals surface area contributed by atoms with Crippen LogP contribution in [0.25, 0.3) is 11.1 Å². The molecule has 0 bridgehead atoms. The molecule has 1 aliphatic carbocycles. The zero-order chi connectivity index (χ0) is 25.0. The van der Waals surface area contributed by atoms with Crippen LogP contribution in [0, 0.1) is 5.92 Å². The Kier molecular flexibility index (Phi) is 7.73. The summed E-state index contributed by atoms with van der Waals surface area (Å²) in [5, 5.41) is 0. The van der Waals surface area contributed by atoms with Crippen LogP contribution < -0.4 is 0 Å². The first-order chi connectivity index (χ1) is 17.6. The number of esters is 2. The number of hydrogen-bond acceptors (Lipinski definition) is 6. The summed E-state index contributed by atoms with van der Waals surface area (Å²) >= 11 is 0. The highest BCUT2D eigenvalue weighted by molar-refractivity contribution is 5.90. The molecule has 3 aliphatic rings. The molecule has 5 atom stereocenters. The van der Waals surface area contributed by atoms with E-state index in [0.717, 1.165) is 36.8 Å². The van der Waals surface area contributed by atoms with Crippen molar-refractivity contribution in [3.8, 4) is 11.1 Å². The number of hydrogen-bond donors (Lipinski definition) is 0. The molecule has 2 aromatic carbocycles. The molecule has 3 fully saturated rings. The van der Waals surface area contributed by atoms with Gasteiger partial charge in [0.1, 0.15) is 11.7 Å². The molecule has 5 unspecified atom stereocenters. The van der Waals surface area contributed by atoms with E-state index >= 15 is 0 Å². The maximum atomic E-state index is 12.9. The van der Waals surface area contributed by atoms with Gasteiger partial charge in [0, 0.05) is 12.3 Å². The Morgan fingerprint density at radius 3 is 2.39 bits per heavy atom. The van der Waals surface area contributed by atoms with Crippen LogP contribution in [0.2, 0.25) is 0 Å². The van der Waals surface area contributed by atoms with E-state index in [4.69, 9.17) is 18.9 Å². The predicted octanol–water partition coefficient (Wildman–Crippen LogP) is 5.73. The number of carbonyl (C=O) groups excluding carboxylic acids is 2. The summed E-state index contributed by atoms with van der Waals surface area (Å²) in [5.74, 6) is -0.406. The number of fused-ring (bicyclic) bond motifs is 1. The van der Waals surface area contributed by atoms with Crippen molar-refractivity contribution in [1.82, 2.24) is 0 Å². The van der Waals surface area contributed by atoms with Crippen LogP contribution in [-0.2, 0) is 23.7 Å². The number of unbranched alkanes of at least 4 members (excludes halogenated alkanes) is 1. The lowest BCUT2D eigenvalue weighted by Gasteiger charge is -2.35. The lowest BCUT2D eigenvalue weighted by atomic mass is 9.85. The summed E-state index contributed by atoms with van der Waals surface area (Å²) in [4.78, 5) is 25.2. The van der Waals surface area contributed by atoms with Crippen LogP contribution in [0.15, 0.2) is 54.6 Å². The molecule has 6 nitrogen and oxygen atoms in total. The van der Waals surface area contributed by atoms with Gasteiger partial charge in [-0.25, -0.2) is 4.79 Å². The smallest absolute Gasteiger partial charge is 0.338 e. The molecule has 6 heteroatoms. The van der Waals surface area contributed by atoms with Crippen LogP contribution in [-0.4, -0.2) is 49.1 Å². The van der Waals surface area contributed by atoms with Crippen molar-refractivity contribution in [2.75, 3.05) is 13.2 Å². The summed E-state index contributed by atoms with van der Waals surface area (Å²) in [6.45, 7) is 3.42. The van der Waals surface area contributed by atoms with Crippen LogP contribution in [0.5, 0.6) is 0 Å². The first-order valence-electron chi connectivity index (χ1n) is 13.4. The fraction of sp³-hybridized carbons (Fsp3) is 0.533. The van der Waals surface area contributed by atoms with Crippen LogP contribution in [0.4, 0.5) is 0 Å². The van der Waals surface area contributed by atoms with Gasteiger partial charge < -0.3 is 18.9 Å². The van der Waals surface area contributed by atoms with Gasteiger partial charge in [-0.2, -0.15) is 0 Å². The van der Waals surface area contributed by atoms with Crippen LogP contribution in [0.3, 0.4) is 0 Å². The molecular weight excluding hydrogens is 456 g/mol. The molecule has 5 rings (SSSR count). The maximum Gasteiger partial charge on any atom is 0.338 e. The molecule has 0 amide bonds. The summed E-state index contributed by atoms with van der Waals surface area (Å²) in [5.41, 5.74) is 2.12. The normalized spacial score (nSPS) is 29.5. The summed E-state index contributed by atoms with van der Waals surface area (Å²) in [7, 11) is 0. The second kappa shape index (κ2) is 11.1. The van der Waals surface area contributed by atoms with E-state index in [0.29, 0.717) is 44.5 Å². The molecule has 192 valence electrons. The van der Waals surface area contributed by atoms with E-state index in [1.807, 2.05) is 54.6 Å². The second-order valence-corrected chi connectivity index (χ2v) is 10.3. The molecule has 2 saturated heterocycles. The summed E-state index contributed by atoms with van der Waals surface area (Å²) in [6, 6.07) is 17.6. The largest absolute Gasteiger partial charge is 0.459 e. The number of benzene rings is 2. The third-order valence-electron chi connectivity index (χ3n) is 7.95. The molecule has 2 heterocycles. The molecular formula is C30H36O6. The molecule has 0 N–H and O–H groups in total. The monoisotopic (exact) mass is 492 g/mol. The number of ether oxygens (including phenoxy) is 4. The van der Waals surface area contributed by atoms with E-state index in [1.54, 1.807) is 0 Å². The number of carbonyl (C=O) groups is 2. The Morgan fingerprint density at radius 2 is 1.67 bits per heavy atom. The highest BCUT2D eigenvalue weighted by Crippen LogP contribution is 2.50. The minimum atomic E-state index is -0.574. The van der Waals surface area contributed by atoms with E-state index in [2.05, 4.69) is 6.92 Å². The third kappa shape index (κ3) is 5.50. The minimum absolute atomic E-state index is 0.0179. The van der Waals surface area contributed by atoms with Crippen molar-refractivity contribution in [2.45, 2.75) is 82.2 Å². The topological polar surface area (TPSA) is 71.1 Å². The van der Waals surface area contributed by atoms with Gasteiger partial charge in [-0.3, -0.25) is 4.79 Å². The first-order valence-corrected chi connectivity index (χ1v) is 13.4. The van der Waals surface area contributed by atoms with Crippen LogP contribution >= 0.6 is 0 Å². The van der Waals surface area contributed by atoms with Crippen molar-refractivity contribution >= 4 is 11.9 Å². The van der Waals surface area contributed by atoms with Gasteiger partial charge in [-0.15, -0.1) is 0 Å². The molecule has 2 aliphatic heterocycles. The lowest BCUT2D eigenvalue weighted by Crippen LogP contribution is -2.41. The molecule has 0 radical (unpaired) electrons. The zero-order valence-corrected chi connectivity index (χ0v) is 21.0. The van der Waals surface area contributed by atoms with Crippen LogP contribution in [0.1, 0.15) is 68.6 Å². The van der Waals surface area contributed by atoms with Crippen molar-refractivity contribution < 1.29 is 28.5 Å². The Labute approximate surface area is 213 Å². The van der Waals surface area contributed by atoms with Gasteiger partial charge in [-0.1, -0.05) is 62.2 Å². The second-order valence-electron chi connectivity index (χ2n) is 10.3. The summed E-state index contributed by atoms with van der Waals surface area (Å²) < 4.78 is 23.9. The van der Waals surface area contributed by atoms with Crippen molar-refractivity contribution in [3.63, 3.8) is 0 Å². The summed E-state index contributed by atoms with van der Waals surface area (Å²) in [6.07, 6.45) is 6.15. The fourth-order valence-electron chi connectivity index (χ4n) is 6.07. The van der Waals surface area contributed by atoms with E-state index < -0.39 is 5.60 Å². The van der Waals surface area contributed by atoms with Gasteiger partial charge in [0.15, 0.2) is 0 Å². The highest BCUT2D eigenvalue weighted by Gasteiger charge is 2.56. The van der Waals surface area contributed by atoms with Gasteiger partial charge in [0.25, 0.3) is 0 Å². The number of rotatable bonds is 9. The predicted molar refractivity (Wildman–Crippen MR) is 135 cm³/mol. The fourth-order valence-corrected chi connectivity index (χ4v) is 6.07. The molecule has 0 aromatic heterocycles. The Hall–Kier alpha value is -2.70. The SMILES string of the molecule is CCCCC1OCCOC1CCC12CC(OC(=O)c3ccc(-c4ccccc4)cc3)CC1CC(=O)O2. The Balaban J connectivity index is 1.20. The van der Waals surface area contributed by atoms with Crippen molar-refractivity contribution in [1.29, 1.82) is 0 Å². The van der Waals surface area contributed by atoms with E-state index in [9.17, 15) is 9.59 Å². The van der Waals surface area contributed by atoms with Gasteiger partial charge in [-0.05, 0) is 48.9 Å². The molecule has 0 spiro atoms. The molecule has 36 heavy (non-hydrogen) atoms. The quantitative estimate of drug-likeness (QED) is 0.417. The van der Waals surface area contributed by atoms with Gasteiger partial charge >= 0.3 is 11.9 Å². The standard InChI is InChI=1S/C30H36O6/c1-2-3-9-26-27(34-17-16-33-26)14-15-30-20-25(18-24(30)19-28(31)36-30)35-29(32)23-12-10-22(11-13-23)21-7-5-4-6-8-21/h4-8,10-13,24-27H,2-3,9,14-20H2,1H3. The molecule has 1 saturated carbocycles. The average Bonchev–Trinajstić information content (AvgIpc) is 3.38. The Bertz CT molecular complexity index is 1040. The van der Waals surface area contributed by atoms with Crippen molar-refractivity contribution in [3.05, 3.63) is 60.2 Å². The van der Waals surface area contributed by atoms with E-state index in [1.165, 1.54) is 0 Å². The third-order valence-corrected chi connectivity index (χ3v) is 7.95. The van der Waals surface area contributed by atoms with Gasteiger partial charge in [0.05, 0.1) is 37.4 Å². The lowest BCUT2D eigenvalue weighted by molar-refractivity contribution is -0.159. The average molecular weight is 493 g/mol.